The molecule has 0 radical (unpaired) electrons. The van der Waals surface area contributed by atoms with Crippen LogP contribution >= 0.6 is 22.9 Å². The van der Waals surface area contributed by atoms with Gasteiger partial charge < -0.3 is 10.0 Å². The third kappa shape index (κ3) is 5.54. The van der Waals surface area contributed by atoms with E-state index in [9.17, 15) is 23.1 Å². The molecule has 2 atom stereocenters. The average molecular weight is 421 g/mol. The highest BCUT2D eigenvalue weighted by Crippen LogP contribution is 2.23. The normalized spacial score (nSPS) is 19.6. The van der Waals surface area contributed by atoms with Gasteiger partial charge in [-0.25, -0.2) is 13.2 Å². The summed E-state index contributed by atoms with van der Waals surface area (Å²) in [7, 11) is -3.84. The van der Waals surface area contributed by atoms with Gasteiger partial charge in [0, 0.05) is 16.8 Å². The van der Waals surface area contributed by atoms with Gasteiger partial charge in [-0.3, -0.25) is 4.79 Å². The molecule has 10 heteroatoms. The van der Waals surface area contributed by atoms with E-state index in [1.54, 1.807) is 12.1 Å². The Labute approximate surface area is 161 Å². The third-order valence-electron chi connectivity index (χ3n) is 3.91. The van der Waals surface area contributed by atoms with Gasteiger partial charge in [0.15, 0.2) is 0 Å². The Balaban J connectivity index is 2.05. The van der Waals surface area contributed by atoms with Crippen molar-refractivity contribution in [2.45, 2.75) is 38.8 Å². The number of hydrogen-bond acceptors (Lipinski definition) is 5. The number of carbonyl (C=O) groups is 2. The molecule has 0 spiro atoms. The number of carbonyl (C=O) groups excluding carboxylic acids is 1. The van der Waals surface area contributed by atoms with Gasteiger partial charge in [-0.05, 0) is 37.0 Å². The van der Waals surface area contributed by atoms with Crippen molar-refractivity contribution >= 4 is 50.9 Å². The molecule has 0 unspecified atom stereocenters. The summed E-state index contributed by atoms with van der Waals surface area (Å²) in [6.45, 7) is 3.95. The van der Waals surface area contributed by atoms with Crippen molar-refractivity contribution in [3.63, 3.8) is 0 Å². The topological polar surface area (TPSA) is 104 Å². The van der Waals surface area contributed by atoms with Crippen molar-refractivity contribution in [2.75, 3.05) is 6.54 Å². The number of aliphatic carboxylic acids is 1. The van der Waals surface area contributed by atoms with E-state index in [0.717, 1.165) is 5.41 Å². The number of carboxylic acids is 1. The number of nitrogens with zero attached hydrogens (tertiary/aromatic N) is 1. The first-order valence-corrected chi connectivity index (χ1v) is 10.8. The van der Waals surface area contributed by atoms with E-state index in [0.29, 0.717) is 15.6 Å². The summed E-state index contributed by atoms with van der Waals surface area (Å²) >= 11 is 7.03. The number of carboxylic acid groups (broad SMARTS) is 1. The molecule has 26 heavy (non-hydrogen) atoms. The van der Waals surface area contributed by atoms with E-state index in [1.807, 2.05) is 13.8 Å². The number of rotatable bonds is 8. The quantitative estimate of drug-likeness (QED) is 0.672. The molecule has 2 heterocycles. The lowest BCUT2D eigenvalue weighted by Crippen LogP contribution is -2.47. The van der Waals surface area contributed by atoms with Gasteiger partial charge in [0.05, 0.1) is 4.34 Å². The second-order valence-electron chi connectivity index (χ2n) is 6.46. The number of likely N-dealkylation sites (tertiary alicyclic amines) is 1. The van der Waals surface area contributed by atoms with Crippen LogP contribution in [0.1, 0.15) is 31.6 Å². The molecule has 0 saturated carbocycles. The SMILES string of the molecule is CC(C)C[C@@H](C(=O)O)N1CC[C@H](NS(=O)(=O)/C=C/c2ccc(Cl)s2)C1=O. The van der Waals surface area contributed by atoms with Crippen molar-refractivity contribution < 1.29 is 23.1 Å². The number of sulfonamides is 1. The number of thiophene rings is 1. The molecule has 1 aromatic heterocycles. The Hall–Kier alpha value is -1.42. The lowest BCUT2D eigenvalue weighted by atomic mass is 10.0. The van der Waals surface area contributed by atoms with Crippen molar-refractivity contribution in [2.24, 2.45) is 5.92 Å². The number of halogens is 1. The van der Waals surface area contributed by atoms with Crippen molar-refractivity contribution in [1.29, 1.82) is 0 Å². The van der Waals surface area contributed by atoms with Crippen molar-refractivity contribution in [1.82, 2.24) is 9.62 Å². The monoisotopic (exact) mass is 420 g/mol. The zero-order valence-electron chi connectivity index (χ0n) is 14.4. The molecule has 1 aliphatic heterocycles. The first-order valence-electron chi connectivity index (χ1n) is 8.08. The second kappa shape index (κ2) is 8.51. The molecule has 1 aromatic rings. The Bertz CT molecular complexity index is 803. The molecule has 0 aromatic carbocycles. The van der Waals surface area contributed by atoms with Gasteiger partial charge in [-0.15, -0.1) is 11.3 Å². The minimum absolute atomic E-state index is 0.0974. The average Bonchev–Trinajstić information content (AvgIpc) is 3.09. The summed E-state index contributed by atoms with van der Waals surface area (Å²) in [4.78, 5) is 25.9. The molecule has 2 N–H and O–H groups in total. The Morgan fingerprint density at radius 1 is 1.50 bits per heavy atom. The molecule has 1 aliphatic rings. The summed E-state index contributed by atoms with van der Waals surface area (Å²) in [5.41, 5.74) is 0. The standard InChI is InChI=1S/C16H21ClN2O5S2/c1-10(2)9-13(16(21)22)19-7-5-12(15(19)20)18-26(23,24)8-6-11-3-4-14(17)25-11/h3-4,6,8,10,12-13,18H,5,7,9H2,1-2H3,(H,21,22)/b8-6+/t12-,13-/m0/s1. The number of hydrogen-bond donors (Lipinski definition) is 2. The largest absolute Gasteiger partial charge is 0.480 e. The maximum absolute atomic E-state index is 12.5. The minimum Gasteiger partial charge on any atom is -0.480 e. The molecule has 2 rings (SSSR count). The fourth-order valence-electron chi connectivity index (χ4n) is 2.74. The highest BCUT2D eigenvalue weighted by Gasteiger charge is 2.40. The summed E-state index contributed by atoms with van der Waals surface area (Å²) in [5.74, 6) is -1.49. The van der Waals surface area contributed by atoms with Crippen LogP contribution in [0.2, 0.25) is 4.34 Å². The number of amides is 1. The molecule has 1 fully saturated rings. The van der Waals surface area contributed by atoms with E-state index in [-0.39, 0.29) is 18.9 Å². The summed E-state index contributed by atoms with van der Waals surface area (Å²) < 4.78 is 27.2. The van der Waals surface area contributed by atoms with Gasteiger partial charge in [0.2, 0.25) is 15.9 Å². The fourth-order valence-corrected chi connectivity index (χ4v) is 4.81. The highest BCUT2D eigenvalue weighted by molar-refractivity contribution is 7.92. The highest BCUT2D eigenvalue weighted by atomic mass is 35.5. The van der Waals surface area contributed by atoms with E-state index in [2.05, 4.69) is 4.72 Å². The lowest BCUT2D eigenvalue weighted by molar-refractivity contribution is -0.149. The molecular weight excluding hydrogens is 400 g/mol. The van der Waals surface area contributed by atoms with Gasteiger partial charge in [0.25, 0.3) is 0 Å². The van der Waals surface area contributed by atoms with Crippen LogP contribution in [0, 0.1) is 5.92 Å². The molecule has 0 bridgehead atoms. The Morgan fingerprint density at radius 2 is 2.19 bits per heavy atom. The smallest absolute Gasteiger partial charge is 0.326 e. The third-order valence-corrected chi connectivity index (χ3v) is 6.21. The summed E-state index contributed by atoms with van der Waals surface area (Å²) in [5, 5.41) is 10.4. The first kappa shape index (κ1) is 20.9. The molecule has 1 amide bonds. The van der Waals surface area contributed by atoms with Crippen LogP contribution in [0.4, 0.5) is 0 Å². The maximum atomic E-state index is 12.5. The number of nitrogens with one attached hydrogen (secondary N) is 1. The van der Waals surface area contributed by atoms with Gasteiger partial charge in [0.1, 0.15) is 12.1 Å². The van der Waals surface area contributed by atoms with Crippen LogP contribution in [0.5, 0.6) is 0 Å². The van der Waals surface area contributed by atoms with E-state index < -0.39 is 34.0 Å². The maximum Gasteiger partial charge on any atom is 0.326 e. The molecular formula is C16H21ClN2O5S2. The molecule has 144 valence electrons. The van der Waals surface area contributed by atoms with E-state index >= 15 is 0 Å². The van der Waals surface area contributed by atoms with Crippen LogP contribution in [-0.4, -0.2) is 48.9 Å². The van der Waals surface area contributed by atoms with Crippen LogP contribution in [0.15, 0.2) is 17.5 Å². The molecule has 7 nitrogen and oxygen atoms in total. The summed E-state index contributed by atoms with van der Waals surface area (Å²) in [6.07, 6.45) is 1.95. The predicted molar refractivity (Wildman–Crippen MR) is 101 cm³/mol. The zero-order chi connectivity index (χ0) is 19.5. The fraction of sp³-hybridized carbons (Fsp3) is 0.500. The summed E-state index contributed by atoms with van der Waals surface area (Å²) in [6, 6.07) is 1.45. The minimum atomic E-state index is -3.84. The lowest BCUT2D eigenvalue weighted by Gasteiger charge is -2.26. The second-order valence-corrected chi connectivity index (χ2v) is 9.81. The molecule has 1 saturated heterocycles. The van der Waals surface area contributed by atoms with E-state index in [1.165, 1.54) is 22.3 Å². The van der Waals surface area contributed by atoms with Crippen LogP contribution < -0.4 is 4.72 Å². The zero-order valence-corrected chi connectivity index (χ0v) is 16.8. The van der Waals surface area contributed by atoms with Gasteiger partial charge in [-0.1, -0.05) is 25.4 Å². The van der Waals surface area contributed by atoms with Crippen molar-refractivity contribution in [3.05, 3.63) is 26.8 Å². The Kier molecular flexibility index (Phi) is 6.84. The van der Waals surface area contributed by atoms with Crippen LogP contribution in [0.25, 0.3) is 6.08 Å². The van der Waals surface area contributed by atoms with E-state index in [4.69, 9.17) is 11.6 Å². The van der Waals surface area contributed by atoms with Crippen LogP contribution in [-0.2, 0) is 19.6 Å². The predicted octanol–water partition coefficient (Wildman–Crippen LogP) is 2.39. The first-order chi connectivity index (χ1) is 12.1. The van der Waals surface area contributed by atoms with Gasteiger partial charge in [-0.2, -0.15) is 4.72 Å². The van der Waals surface area contributed by atoms with Crippen LogP contribution in [0.3, 0.4) is 0 Å². The Morgan fingerprint density at radius 3 is 2.73 bits per heavy atom. The van der Waals surface area contributed by atoms with Crippen molar-refractivity contribution in [3.8, 4) is 0 Å². The molecule has 0 aliphatic carbocycles. The van der Waals surface area contributed by atoms with Gasteiger partial charge >= 0.3 is 5.97 Å².